The number of ether oxygens (including phenoxy) is 2. The number of aromatic amines is 1. The molecular weight excluding hydrogens is 372 g/mol. The lowest BCUT2D eigenvalue weighted by molar-refractivity contribution is 0.317. The van der Waals surface area contributed by atoms with Gasteiger partial charge in [-0.25, -0.2) is 0 Å². The molecule has 142 valence electrons. The summed E-state index contributed by atoms with van der Waals surface area (Å²) in [5.41, 5.74) is 10.1. The normalized spacial score (nSPS) is 15.7. The molecule has 6 nitrogen and oxygen atoms in total. The Hall–Kier alpha value is -3.24. The Morgan fingerprint density at radius 3 is 2.75 bits per heavy atom. The zero-order valence-electron chi connectivity index (χ0n) is 15.7. The molecule has 0 saturated heterocycles. The fraction of sp³-hybridized carbons (Fsp3) is 0.238. The van der Waals surface area contributed by atoms with Crippen LogP contribution in [0.15, 0.2) is 47.2 Å². The van der Waals surface area contributed by atoms with Crippen molar-refractivity contribution in [2.45, 2.75) is 26.2 Å². The number of benzene rings is 1. The van der Waals surface area contributed by atoms with Crippen molar-refractivity contribution in [3.63, 3.8) is 0 Å². The van der Waals surface area contributed by atoms with Crippen LogP contribution >= 0.6 is 11.3 Å². The molecule has 1 aliphatic rings. The molecule has 0 amide bonds. The van der Waals surface area contributed by atoms with E-state index in [2.05, 4.69) is 23.2 Å². The van der Waals surface area contributed by atoms with Gasteiger partial charge in [-0.1, -0.05) is 6.92 Å². The van der Waals surface area contributed by atoms with E-state index >= 15 is 0 Å². The van der Waals surface area contributed by atoms with E-state index in [0.29, 0.717) is 18.1 Å². The number of thiophene rings is 1. The Bertz CT molecular complexity index is 1070. The number of nitrogens with zero attached hydrogens (tertiary/aromatic N) is 2. The van der Waals surface area contributed by atoms with Crippen molar-refractivity contribution < 1.29 is 9.47 Å². The van der Waals surface area contributed by atoms with Gasteiger partial charge >= 0.3 is 0 Å². The minimum atomic E-state index is -0.307. The molecule has 1 aliphatic heterocycles. The van der Waals surface area contributed by atoms with Crippen LogP contribution in [0, 0.1) is 18.3 Å². The van der Waals surface area contributed by atoms with Crippen molar-refractivity contribution in [2.24, 2.45) is 5.73 Å². The van der Waals surface area contributed by atoms with Gasteiger partial charge in [-0.3, -0.25) is 5.10 Å². The number of hydrogen-bond donors (Lipinski definition) is 2. The van der Waals surface area contributed by atoms with Crippen LogP contribution in [0.5, 0.6) is 11.6 Å². The lowest BCUT2D eigenvalue weighted by atomic mass is 9.86. The lowest BCUT2D eigenvalue weighted by Crippen LogP contribution is -2.20. The average molecular weight is 392 g/mol. The Balaban J connectivity index is 1.81. The van der Waals surface area contributed by atoms with Crippen LogP contribution in [-0.4, -0.2) is 16.8 Å². The summed E-state index contributed by atoms with van der Waals surface area (Å²) < 4.78 is 11.3. The minimum Gasteiger partial charge on any atom is -0.494 e. The average Bonchev–Trinajstić information content (AvgIpc) is 3.31. The van der Waals surface area contributed by atoms with E-state index in [9.17, 15) is 5.26 Å². The zero-order chi connectivity index (χ0) is 19.7. The summed E-state index contributed by atoms with van der Waals surface area (Å²) in [5.74, 6) is 1.03. The maximum atomic E-state index is 9.75. The number of H-pyrrole nitrogens is 1. The van der Waals surface area contributed by atoms with Crippen molar-refractivity contribution in [1.82, 2.24) is 10.2 Å². The first kappa shape index (κ1) is 18.1. The second-order valence-electron chi connectivity index (χ2n) is 6.58. The van der Waals surface area contributed by atoms with Crippen LogP contribution < -0.4 is 15.2 Å². The number of allylic oxidation sites excluding steroid dienone is 1. The maximum absolute atomic E-state index is 9.75. The summed E-state index contributed by atoms with van der Waals surface area (Å²) in [6.45, 7) is 4.79. The first-order valence-electron chi connectivity index (χ1n) is 9.07. The molecule has 3 N–H and O–H groups in total. The van der Waals surface area contributed by atoms with Crippen LogP contribution in [0.3, 0.4) is 0 Å². The predicted octanol–water partition coefficient (Wildman–Crippen LogP) is 4.45. The van der Waals surface area contributed by atoms with Crippen LogP contribution in [-0.2, 0) is 0 Å². The number of hydrogen-bond acceptors (Lipinski definition) is 6. The number of fused-ring (bicyclic) bond motifs is 1. The molecule has 0 radical (unpaired) electrons. The van der Waals surface area contributed by atoms with Crippen molar-refractivity contribution in [3.05, 3.63) is 63.2 Å². The fourth-order valence-electron chi connectivity index (χ4n) is 3.35. The largest absolute Gasteiger partial charge is 0.494 e. The van der Waals surface area contributed by atoms with E-state index in [1.54, 1.807) is 11.3 Å². The Labute approximate surface area is 167 Å². The van der Waals surface area contributed by atoms with E-state index in [1.807, 2.05) is 42.6 Å². The van der Waals surface area contributed by atoms with E-state index in [4.69, 9.17) is 15.2 Å². The van der Waals surface area contributed by atoms with Gasteiger partial charge in [-0.2, -0.15) is 5.26 Å². The monoisotopic (exact) mass is 392 g/mol. The first-order valence-corrected chi connectivity index (χ1v) is 9.95. The molecule has 2 aromatic heterocycles. The molecule has 3 aromatic rings. The molecule has 28 heavy (non-hydrogen) atoms. The molecule has 0 spiro atoms. The van der Waals surface area contributed by atoms with Gasteiger partial charge in [-0.05, 0) is 54.6 Å². The summed E-state index contributed by atoms with van der Waals surface area (Å²) in [6.07, 6.45) is 0.958. The number of nitrogens with two attached hydrogens (primary N) is 1. The Morgan fingerprint density at radius 1 is 1.32 bits per heavy atom. The molecule has 0 unspecified atom stereocenters. The molecule has 0 aliphatic carbocycles. The van der Waals surface area contributed by atoms with Crippen molar-refractivity contribution in [3.8, 4) is 29.0 Å². The highest BCUT2D eigenvalue weighted by molar-refractivity contribution is 7.10. The summed E-state index contributed by atoms with van der Waals surface area (Å²) >= 11 is 1.60. The second-order valence-corrected chi connectivity index (χ2v) is 7.53. The zero-order valence-corrected chi connectivity index (χ0v) is 16.5. The smallest absolute Gasteiger partial charge is 0.244 e. The van der Waals surface area contributed by atoms with Gasteiger partial charge in [-0.15, -0.1) is 16.4 Å². The topological polar surface area (TPSA) is 97.0 Å². The third-order valence-corrected chi connectivity index (χ3v) is 5.80. The van der Waals surface area contributed by atoms with Crippen LogP contribution in [0.1, 0.15) is 35.3 Å². The molecule has 1 atom stereocenters. The lowest BCUT2D eigenvalue weighted by Gasteiger charge is -2.23. The van der Waals surface area contributed by atoms with E-state index < -0.39 is 0 Å². The number of nitrogens with one attached hydrogen (secondary N) is 1. The van der Waals surface area contributed by atoms with E-state index in [-0.39, 0.29) is 11.8 Å². The van der Waals surface area contributed by atoms with Crippen LogP contribution in [0.25, 0.3) is 11.3 Å². The van der Waals surface area contributed by atoms with Gasteiger partial charge in [0, 0.05) is 10.4 Å². The quantitative estimate of drug-likeness (QED) is 0.668. The van der Waals surface area contributed by atoms with Crippen molar-refractivity contribution in [2.75, 3.05) is 6.61 Å². The van der Waals surface area contributed by atoms with Gasteiger partial charge in [0.25, 0.3) is 0 Å². The van der Waals surface area contributed by atoms with Gasteiger partial charge < -0.3 is 15.2 Å². The number of aromatic nitrogens is 2. The van der Waals surface area contributed by atoms with E-state index in [1.165, 1.54) is 0 Å². The minimum absolute atomic E-state index is 0.106. The number of aryl methyl sites for hydroxylation is 1. The molecule has 3 heterocycles. The van der Waals surface area contributed by atoms with Crippen molar-refractivity contribution in [1.29, 1.82) is 5.26 Å². The highest BCUT2D eigenvalue weighted by Gasteiger charge is 2.36. The van der Waals surface area contributed by atoms with Crippen LogP contribution in [0.4, 0.5) is 0 Å². The highest BCUT2D eigenvalue weighted by Crippen LogP contribution is 2.47. The molecule has 1 aromatic carbocycles. The Morgan fingerprint density at radius 2 is 2.11 bits per heavy atom. The Kier molecular flexibility index (Phi) is 4.80. The molecule has 0 saturated carbocycles. The number of rotatable bonds is 5. The highest BCUT2D eigenvalue weighted by atomic mass is 32.1. The first-order chi connectivity index (χ1) is 13.6. The van der Waals surface area contributed by atoms with Crippen LogP contribution in [0.2, 0.25) is 0 Å². The summed E-state index contributed by atoms with van der Waals surface area (Å²) in [4.78, 5) is 1.06. The summed E-state index contributed by atoms with van der Waals surface area (Å²) in [6, 6.07) is 12.1. The van der Waals surface area contributed by atoms with Gasteiger partial charge in [0.05, 0.1) is 23.8 Å². The molecule has 7 heteroatoms. The van der Waals surface area contributed by atoms with Gasteiger partial charge in [0.15, 0.2) is 0 Å². The molecule has 4 rings (SSSR count). The predicted molar refractivity (Wildman–Crippen MR) is 108 cm³/mol. The SMILES string of the molecule is CCCOc1ccc(-c2[nH]nc3c2[C@H](c2sccc2C)C(C#N)=C(N)O3)cc1. The molecular formula is C21H20N4O2S. The van der Waals surface area contributed by atoms with E-state index in [0.717, 1.165) is 39.4 Å². The van der Waals surface area contributed by atoms with Crippen molar-refractivity contribution >= 4 is 11.3 Å². The maximum Gasteiger partial charge on any atom is 0.244 e. The number of nitriles is 1. The summed E-state index contributed by atoms with van der Waals surface area (Å²) in [5, 5.41) is 19.2. The van der Waals surface area contributed by atoms with Gasteiger partial charge in [0.1, 0.15) is 17.4 Å². The second kappa shape index (κ2) is 7.41. The third kappa shape index (κ3) is 3.02. The standard InChI is InChI=1S/C21H20N4O2S/c1-3-9-26-14-6-4-13(5-7-14)18-17-16(19-12(2)8-10-28-19)15(11-22)20(23)27-21(17)25-24-18/h4-8,10,16H,3,9,23H2,1-2H3,(H,24,25)/t16-/m1/s1. The molecule has 0 fully saturated rings. The molecule has 0 bridgehead atoms. The third-order valence-electron chi connectivity index (χ3n) is 4.72. The fourth-order valence-corrected chi connectivity index (χ4v) is 4.39. The van der Waals surface area contributed by atoms with Gasteiger partial charge in [0.2, 0.25) is 11.8 Å². The summed E-state index contributed by atoms with van der Waals surface area (Å²) in [7, 11) is 0.